The predicted octanol–water partition coefficient (Wildman–Crippen LogP) is 9.86. The molecule has 0 bridgehead atoms. The molecule has 1 nitrogen and oxygen atoms in total. The average Bonchev–Trinajstić information content (AvgIpc) is 2.61. The van der Waals surface area contributed by atoms with Gasteiger partial charge in [0.2, 0.25) is 0 Å². The van der Waals surface area contributed by atoms with Crippen LogP contribution in [0.3, 0.4) is 0 Å². The fraction of sp³-hybridized carbons (Fsp3) is 0.100. The Balaban J connectivity index is 2.10. The summed E-state index contributed by atoms with van der Waals surface area (Å²) in [7, 11) is 0. The van der Waals surface area contributed by atoms with Gasteiger partial charge in [-0.25, -0.2) is 0 Å². The first-order valence-corrected chi connectivity index (χ1v) is 14.6. The monoisotopic (exact) mass is 1080 g/mol. The zero-order valence-corrected chi connectivity index (χ0v) is 27.7. The Morgan fingerprint density at radius 3 is 1.70 bits per heavy atom. The predicted molar refractivity (Wildman–Crippen MR) is 165 cm³/mol. The van der Waals surface area contributed by atoms with Gasteiger partial charge in [-0.05, 0) is 189 Å². The molecule has 158 valence electrons. The van der Waals surface area contributed by atoms with Crippen molar-refractivity contribution >= 4 is 136 Å². The molecular weight excluding hydrogens is 1070 g/mol. The zero-order chi connectivity index (χ0) is 22.4. The van der Waals surface area contributed by atoms with E-state index < -0.39 is 6.36 Å². The Kier molecular flexibility index (Phi) is 9.18. The summed E-state index contributed by atoms with van der Waals surface area (Å²) in [6, 6.07) is 12.0. The van der Waals surface area contributed by atoms with Gasteiger partial charge >= 0.3 is 6.36 Å². The van der Waals surface area contributed by atoms with Crippen LogP contribution in [0.2, 0.25) is 0 Å². The van der Waals surface area contributed by atoms with E-state index in [1.165, 1.54) is 18.3 Å². The molecule has 0 aromatic heterocycles. The van der Waals surface area contributed by atoms with Gasteiger partial charge in [0.05, 0.1) is 7.14 Å². The highest BCUT2D eigenvalue weighted by Crippen LogP contribution is 2.41. The van der Waals surface area contributed by atoms with Crippen molar-refractivity contribution in [2.45, 2.75) is 13.3 Å². The molecule has 0 N–H and O–H groups in total. The Hall–Kier alpha value is 1.63. The first kappa shape index (κ1) is 26.2. The molecule has 0 radical (unpaired) electrons. The van der Waals surface area contributed by atoms with Gasteiger partial charge in [0.15, 0.2) is 5.75 Å². The summed E-state index contributed by atoms with van der Waals surface area (Å²) in [6.45, 7) is 2.10. The van der Waals surface area contributed by atoms with Crippen molar-refractivity contribution in [1.29, 1.82) is 0 Å². The Morgan fingerprint density at radius 1 is 0.700 bits per heavy atom. The Morgan fingerprint density at radius 2 is 1.20 bits per heavy atom. The van der Waals surface area contributed by atoms with E-state index in [0.29, 0.717) is 7.14 Å². The summed E-state index contributed by atoms with van der Waals surface area (Å²) in [5.41, 5.74) is 5.41. The second kappa shape index (κ2) is 10.5. The molecule has 30 heavy (non-hydrogen) atoms. The normalized spacial score (nSPS) is 11.7. The molecule has 3 aromatic rings. The summed E-state index contributed by atoms with van der Waals surface area (Å²) >= 11 is 13.1. The largest absolute Gasteiger partial charge is 0.573 e. The second-order valence-electron chi connectivity index (χ2n) is 6.19. The van der Waals surface area contributed by atoms with Crippen molar-refractivity contribution in [2.75, 3.05) is 0 Å². The van der Waals surface area contributed by atoms with Gasteiger partial charge in [0.1, 0.15) is 0 Å². The summed E-state index contributed by atoms with van der Waals surface area (Å²) in [6.07, 6.45) is -4.71. The van der Waals surface area contributed by atoms with Crippen LogP contribution >= 0.6 is 136 Å². The molecule has 0 fully saturated rings. The maximum Gasteiger partial charge on any atom is 0.573 e. The fourth-order valence-corrected chi connectivity index (χ4v) is 8.56. The minimum Gasteiger partial charge on any atom is -0.404 e. The number of ether oxygens (including phenoxy) is 1. The van der Waals surface area contributed by atoms with Crippen LogP contribution in [0.25, 0.3) is 22.3 Å². The minimum absolute atomic E-state index is 0.155. The van der Waals surface area contributed by atoms with Crippen LogP contribution < -0.4 is 4.74 Å². The molecule has 0 amide bonds. The smallest absolute Gasteiger partial charge is 0.404 e. The molecule has 3 rings (SSSR count). The summed E-state index contributed by atoms with van der Waals surface area (Å²) < 4.78 is 47.7. The summed E-state index contributed by atoms with van der Waals surface area (Å²) in [5.74, 6) is -0.155. The molecule has 0 saturated carbocycles. The molecule has 0 aliphatic carbocycles. The van der Waals surface area contributed by atoms with Gasteiger partial charge in [-0.2, -0.15) is 0 Å². The molecule has 0 saturated heterocycles. The van der Waals surface area contributed by atoms with Gasteiger partial charge in [-0.3, -0.25) is 0 Å². The van der Waals surface area contributed by atoms with Crippen molar-refractivity contribution in [3.05, 3.63) is 63.4 Å². The molecule has 10 heteroatoms. The molecule has 0 heterocycles. The van der Waals surface area contributed by atoms with E-state index in [2.05, 4.69) is 126 Å². The van der Waals surface area contributed by atoms with Crippen LogP contribution in [0.1, 0.15) is 5.56 Å². The summed E-state index contributed by atoms with van der Waals surface area (Å²) in [5, 5.41) is 0. The molecule has 0 aliphatic rings. The number of benzene rings is 3. The van der Waals surface area contributed by atoms with E-state index in [-0.39, 0.29) is 5.75 Å². The number of alkyl halides is 3. The maximum atomic E-state index is 12.7. The number of rotatable bonds is 3. The van der Waals surface area contributed by atoms with Gasteiger partial charge in [-0.15, -0.1) is 13.2 Å². The molecule has 0 unspecified atom stereocenters. The van der Waals surface area contributed by atoms with Crippen molar-refractivity contribution in [2.24, 2.45) is 0 Å². The van der Waals surface area contributed by atoms with E-state index in [4.69, 9.17) is 0 Å². The van der Waals surface area contributed by atoms with Gasteiger partial charge in [0.25, 0.3) is 0 Å². The number of aryl methyl sites for hydroxylation is 1. The molecule has 0 atom stereocenters. The van der Waals surface area contributed by atoms with Crippen LogP contribution in [0.4, 0.5) is 13.2 Å². The highest BCUT2D eigenvalue weighted by molar-refractivity contribution is 14.1. The third-order valence-electron chi connectivity index (χ3n) is 4.13. The highest BCUT2D eigenvalue weighted by atomic mass is 127. The lowest BCUT2D eigenvalue weighted by atomic mass is 9.99. The minimum atomic E-state index is -4.71. The van der Waals surface area contributed by atoms with E-state index >= 15 is 0 Å². The van der Waals surface area contributed by atoms with Crippen molar-refractivity contribution < 1.29 is 17.9 Å². The van der Waals surface area contributed by atoms with Crippen LogP contribution in [0.5, 0.6) is 5.75 Å². The lowest BCUT2D eigenvalue weighted by Gasteiger charge is -2.17. The SMILES string of the molecule is Cc1ccc(-c2cc(I)c(-c3cc(I)c(OC(F)(F)F)c(I)c3)c(I)c2)c(I)c1I. The number of hydrogen-bond donors (Lipinski definition) is 0. The third kappa shape index (κ3) is 6.00. The van der Waals surface area contributed by atoms with Gasteiger partial charge in [0, 0.05) is 19.8 Å². The third-order valence-corrected chi connectivity index (χ3v) is 11.0. The molecular formula is C20H9F3I6O. The van der Waals surface area contributed by atoms with Crippen molar-refractivity contribution in [3.63, 3.8) is 0 Å². The topological polar surface area (TPSA) is 9.23 Å². The van der Waals surface area contributed by atoms with E-state index in [1.54, 1.807) is 12.1 Å². The van der Waals surface area contributed by atoms with Crippen LogP contribution in [-0.4, -0.2) is 6.36 Å². The quantitative estimate of drug-likeness (QED) is 0.238. The lowest BCUT2D eigenvalue weighted by Crippen LogP contribution is -2.18. The maximum absolute atomic E-state index is 12.7. The second-order valence-corrected chi connectivity index (χ2v) is 13.0. The van der Waals surface area contributed by atoms with Crippen molar-refractivity contribution in [1.82, 2.24) is 0 Å². The lowest BCUT2D eigenvalue weighted by molar-refractivity contribution is -0.275. The van der Waals surface area contributed by atoms with E-state index in [9.17, 15) is 13.2 Å². The van der Waals surface area contributed by atoms with Gasteiger partial charge < -0.3 is 4.74 Å². The van der Waals surface area contributed by atoms with E-state index in [0.717, 1.165) is 23.8 Å². The number of hydrogen-bond acceptors (Lipinski definition) is 1. The van der Waals surface area contributed by atoms with Crippen LogP contribution in [0, 0.1) is 28.3 Å². The zero-order valence-electron chi connectivity index (χ0n) is 14.8. The standard InChI is InChI=1S/C20H9F3I6O/c1-8-2-3-11(18(29)17(8)28)9-4-12(24)16(13(25)5-9)10-6-14(26)19(15(27)7-10)30-20(21,22)23/h2-7H,1H3. The Labute approximate surface area is 253 Å². The number of halogens is 9. The summed E-state index contributed by atoms with van der Waals surface area (Å²) in [4.78, 5) is 0. The van der Waals surface area contributed by atoms with E-state index in [1.807, 2.05) is 45.2 Å². The Bertz CT molecular complexity index is 1100. The van der Waals surface area contributed by atoms with Crippen LogP contribution in [-0.2, 0) is 0 Å². The first-order valence-electron chi connectivity index (χ1n) is 8.08. The van der Waals surface area contributed by atoms with Crippen LogP contribution in [0.15, 0.2) is 36.4 Å². The highest BCUT2D eigenvalue weighted by Gasteiger charge is 2.33. The molecule has 0 aliphatic heterocycles. The van der Waals surface area contributed by atoms with Crippen molar-refractivity contribution in [3.8, 4) is 28.0 Å². The van der Waals surface area contributed by atoms with Gasteiger partial charge in [-0.1, -0.05) is 12.1 Å². The average molecular weight is 1080 g/mol. The first-order chi connectivity index (χ1) is 13.9. The fourth-order valence-electron chi connectivity index (χ4n) is 2.79. The molecule has 3 aromatic carbocycles. The molecule has 0 spiro atoms.